The molecule has 31 heavy (non-hydrogen) atoms. The molecule has 1 amide bonds. The van der Waals surface area contributed by atoms with Crippen molar-refractivity contribution in [1.29, 1.82) is 0 Å². The van der Waals surface area contributed by atoms with Crippen LogP contribution < -0.4 is 9.64 Å². The zero-order valence-corrected chi connectivity index (χ0v) is 17.2. The number of amides is 1. The smallest absolute Gasteiger partial charge is 0.227 e. The van der Waals surface area contributed by atoms with Crippen molar-refractivity contribution in [1.82, 2.24) is 10.1 Å². The van der Waals surface area contributed by atoms with Gasteiger partial charge in [0.2, 0.25) is 17.6 Å². The summed E-state index contributed by atoms with van der Waals surface area (Å²) >= 11 is 0. The standard InChI is InChI=1S/C24H23N3O4/c1-2-29-20-12-10-18(11-13-20)24-25-22(31-26-24)14-15-23(28)27(17-21-9-6-16-30-21)19-7-4-3-5-8-19/h3-13,16H,2,14-15,17H2,1H3. The van der Waals surface area contributed by atoms with Crippen LogP contribution in [0.15, 0.2) is 81.9 Å². The highest BCUT2D eigenvalue weighted by Gasteiger charge is 2.19. The number of para-hydroxylation sites is 1. The number of anilines is 1. The predicted octanol–water partition coefficient (Wildman–Crippen LogP) is 4.89. The second-order valence-corrected chi connectivity index (χ2v) is 6.86. The van der Waals surface area contributed by atoms with Gasteiger partial charge in [-0.25, -0.2) is 0 Å². The molecule has 7 heteroatoms. The molecule has 0 atom stereocenters. The molecule has 0 fully saturated rings. The molecule has 0 spiro atoms. The molecule has 0 saturated carbocycles. The average Bonchev–Trinajstić information content (AvgIpc) is 3.49. The van der Waals surface area contributed by atoms with Crippen molar-refractivity contribution in [2.75, 3.05) is 11.5 Å². The van der Waals surface area contributed by atoms with Gasteiger partial charge in [-0.05, 0) is 55.5 Å². The molecule has 2 aromatic carbocycles. The largest absolute Gasteiger partial charge is 0.494 e. The van der Waals surface area contributed by atoms with E-state index in [1.165, 1.54) is 0 Å². The SMILES string of the molecule is CCOc1ccc(-c2noc(CCC(=O)N(Cc3ccco3)c3ccccc3)n2)cc1. The first-order valence-corrected chi connectivity index (χ1v) is 10.2. The Kier molecular flexibility index (Phi) is 6.42. The van der Waals surface area contributed by atoms with Crippen molar-refractivity contribution < 1.29 is 18.5 Å². The topological polar surface area (TPSA) is 81.6 Å². The maximum Gasteiger partial charge on any atom is 0.227 e. The fraction of sp³-hybridized carbons (Fsp3) is 0.208. The number of carbonyl (C=O) groups excluding carboxylic acids is 1. The van der Waals surface area contributed by atoms with Crippen LogP contribution in [-0.4, -0.2) is 22.7 Å². The average molecular weight is 417 g/mol. The third-order valence-corrected chi connectivity index (χ3v) is 4.71. The van der Waals surface area contributed by atoms with E-state index >= 15 is 0 Å². The highest BCUT2D eigenvalue weighted by atomic mass is 16.5. The van der Waals surface area contributed by atoms with Crippen LogP contribution in [0.1, 0.15) is 25.0 Å². The number of carbonyl (C=O) groups is 1. The van der Waals surface area contributed by atoms with Gasteiger partial charge in [-0.15, -0.1) is 0 Å². The lowest BCUT2D eigenvalue weighted by Gasteiger charge is -2.21. The molecule has 0 N–H and O–H groups in total. The highest BCUT2D eigenvalue weighted by molar-refractivity contribution is 5.93. The van der Waals surface area contributed by atoms with Crippen LogP contribution in [0.5, 0.6) is 5.75 Å². The second kappa shape index (κ2) is 9.75. The summed E-state index contributed by atoms with van der Waals surface area (Å²) in [6.45, 7) is 2.91. The van der Waals surface area contributed by atoms with E-state index in [-0.39, 0.29) is 12.3 Å². The Labute approximate surface area is 180 Å². The fourth-order valence-corrected chi connectivity index (χ4v) is 3.18. The van der Waals surface area contributed by atoms with Gasteiger partial charge in [-0.1, -0.05) is 23.4 Å². The first kappa shape index (κ1) is 20.4. The number of furan rings is 1. The molecule has 2 heterocycles. The Balaban J connectivity index is 1.42. The Hall–Kier alpha value is -3.87. The van der Waals surface area contributed by atoms with E-state index in [9.17, 15) is 4.79 Å². The normalized spacial score (nSPS) is 10.7. The molecule has 2 aromatic heterocycles. The zero-order valence-electron chi connectivity index (χ0n) is 17.2. The number of ether oxygens (including phenoxy) is 1. The van der Waals surface area contributed by atoms with Gasteiger partial charge in [0.15, 0.2) is 0 Å². The van der Waals surface area contributed by atoms with E-state index < -0.39 is 0 Å². The minimum Gasteiger partial charge on any atom is -0.494 e. The number of hydrogen-bond donors (Lipinski definition) is 0. The number of benzene rings is 2. The predicted molar refractivity (Wildman–Crippen MR) is 116 cm³/mol. The number of aromatic nitrogens is 2. The van der Waals surface area contributed by atoms with E-state index in [1.807, 2.05) is 73.7 Å². The molecule has 0 saturated heterocycles. The van der Waals surface area contributed by atoms with Crippen molar-refractivity contribution in [2.24, 2.45) is 0 Å². The van der Waals surface area contributed by atoms with Crippen molar-refractivity contribution in [3.05, 3.63) is 84.6 Å². The highest BCUT2D eigenvalue weighted by Crippen LogP contribution is 2.22. The molecule has 4 rings (SSSR count). The van der Waals surface area contributed by atoms with E-state index in [1.54, 1.807) is 11.2 Å². The van der Waals surface area contributed by atoms with Crippen LogP contribution in [0.25, 0.3) is 11.4 Å². The minimum absolute atomic E-state index is 0.0524. The van der Waals surface area contributed by atoms with Gasteiger partial charge < -0.3 is 18.6 Å². The van der Waals surface area contributed by atoms with Crippen molar-refractivity contribution in [3.63, 3.8) is 0 Å². The third kappa shape index (κ3) is 5.19. The monoisotopic (exact) mass is 417 g/mol. The molecular formula is C24H23N3O4. The number of aryl methyl sites for hydroxylation is 1. The van der Waals surface area contributed by atoms with E-state index in [2.05, 4.69) is 10.1 Å². The van der Waals surface area contributed by atoms with Crippen molar-refractivity contribution in [3.8, 4) is 17.1 Å². The summed E-state index contributed by atoms with van der Waals surface area (Å²) in [6.07, 6.45) is 2.19. The van der Waals surface area contributed by atoms with Crippen LogP contribution >= 0.6 is 0 Å². The lowest BCUT2D eigenvalue weighted by atomic mass is 10.2. The second-order valence-electron chi connectivity index (χ2n) is 6.86. The summed E-state index contributed by atoms with van der Waals surface area (Å²) < 4.78 is 16.2. The summed E-state index contributed by atoms with van der Waals surface area (Å²) in [6, 6.07) is 20.7. The maximum absolute atomic E-state index is 13.0. The van der Waals surface area contributed by atoms with Crippen LogP contribution in [0.2, 0.25) is 0 Å². The third-order valence-electron chi connectivity index (χ3n) is 4.71. The summed E-state index contributed by atoms with van der Waals surface area (Å²) in [4.78, 5) is 19.1. The first-order chi connectivity index (χ1) is 15.2. The van der Waals surface area contributed by atoms with E-state index in [0.29, 0.717) is 37.0 Å². The van der Waals surface area contributed by atoms with Gasteiger partial charge in [0.25, 0.3) is 0 Å². The summed E-state index contributed by atoms with van der Waals surface area (Å²) in [7, 11) is 0. The number of nitrogens with zero attached hydrogens (tertiary/aromatic N) is 3. The van der Waals surface area contributed by atoms with Crippen LogP contribution in [-0.2, 0) is 17.8 Å². The van der Waals surface area contributed by atoms with Gasteiger partial charge in [0, 0.05) is 24.1 Å². The lowest BCUT2D eigenvalue weighted by molar-refractivity contribution is -0.118. The molecule has 0 aliphatic rings. The Morgan fingerprint density at radius 3 is 2.55 bits per heavy atom. The molecule has 0 bridgehead atoms. The van der Waals surface area contributed by atoms with Crippen LogP contribution in [0.3, 0.4) is 0 Å². The fourth-order valence-electron chi connectivity index (χ4n) is 3.18. The first-order valence-electron chi connectivity index (χ1n) is 10.2. The molecule has 0 aliphatic carbocycles. The van der Waals surface area contributed by atoms with Gasteiger partial charge in [-0.3, -0.25) is 4.79 Å². The minimum atomic E-state index is -0.0524. The number of rotatable bonds is 9. The molecule has 7 nitrogen and oxygen atoms in total. The molecule has 0 unspecified atom stereocenters. The van der Waals surface area contributed by atoms with Crippen molar-refractivity contribution in [2.45, 2.75) is 26.3 Å². The van der Waals surface area contributed by atoms with Gasteiger partial charge in [0.05, 0.1) is 19.4 Å². The molecule has 158 valence electrons. The summed E-state index contributed by atoms with van der Waals surface area (Å²) in [5.41, 5.74) is 1.64. The quantitative estimate of drug-likeness (QED) is 0.385. The van der Waals surface area contributed by atoms with E-state index in [4.69, 9.17) is 13.7 Å². The Morgan fingerprint density at radius 1 is 1.03 bits per heavy atom. The van der Waals surface area contributed by atoms with Crippen LogP contribution in [0, 0.1) is 0 Å². The summed E-state index contributed by atoms with van der Waals surface area (Å²) in [5, 5.41) is 4.04. The molecule has 0 aliphatic heterocycles. The van der Waals surface area contributed by atoms with Gasteiger partial charge in [0.1, 0.15) is 11.5 Å². The van der Waals surface area contributed by atoms with E-state index in [0.717, 1.165) is 17.0 Å². The van der Waals surface area contributed by atoms with Crippen molar-refractivity contribution >= 4 is 11.6 Å². The number of hydrogen-bond acceptors (Lipinski definition) is 6. The van der Waals surface area contributed by atoms with Gasteiger partial charge in [-0.2, -0.15) is 4.98 Å². The molecular weight excluding hydrogens is 394 g/mol. The van der Waals surface area contributed by atoms with Gasteiger partial charge >= 0.3 is 0 Å². The Bertz CT molecular complexity index is 1090. The maximum atomic E-state index is 13.0. The zero-order chi connectivity index (χ0) is 21.5. The summed E-state index contributed by atoms with van der Waals surface area (Å²) in [5.74, 6) is 2.36. The van der Waals surface area contributed by atoms with Crippen LogP contribution in [0.4, 0.5) is 5.69 Å². The molecule has 0 radical (unpaired) electrons. The molecule has 4 aromatic rings. The lowest BCUT2D eigenvalue weighted by Crippen LogP contribution is -2.30. The Morgan fingerprint density at radius 2 is 1.84 bits per heavy atom.